The van der Waals surface area contributed by atoms with Crippen LogP contribution in [-0.4, -0.2) is 0 Å². The first-order valence-corrected chi connectivity index (χ1v) is 17.3. The van der Waals surface area contributed by atoms with Gasteiger partial charge in [-0.1, -0.05) is 0 Å². The molecule has 2 aromatic rings. The van der Waals surface area contributed by atoms with Crippen molar-refractivity contribution in [1.82, 2.24) is 0 Å². The van der Waals surface area contributed by atoms with Crippen molar-refractivity contribution in [2.75, 3.05) is 0 Å². The first kappa shape index (κ1) is 16.0. The first-order valence-electron chi connectivity index (χ1n) is 9.58. The van der Waals surface area contributed by atoms with E-state index in [4.69, 9.17) is 0 Å². The van der Waals surface area contributed by atoms with E-state index >= 15 is 0 Å². The molecule has 0 saturated carbocycles. The maximum atomic E-state index is 2.71. The molecule has 2 aliphatic carbocycles. The fourth-order valence-electron chi connectivity index (χ4n) is 5.89. The van der Waals surface area contributed by atoms with Gasteiger partial charge in [0.05, 0.1) is 0 Å². The Kier molecular flexibility index (Phi) is 3.46. The van der Waals surface area contributed by atoms with E-state index in [2.05, 4.69) is 71.7 Å². The van der Waals surface area contributed by atoms with Crippen molar-refractivity contribution in [2.45, 2.75) is 43.2 Å². The van der Waals surface area contributed by atoms with Gasteiger partial charge < -0.3 is 0 Å². The molecule has 0 aromatic heterocycles. The van der Waals surface area contributed by atoms with Gasteiger partial charge in [-0.15, -0.1) is 0 Å². The minimum absolute atomic E-state index is 0.756. The van der Waals surface area contributed by atoms with E-state index in [0.29, 0.717) is 0 Å². The van der Waals surface area contributed by atoms with E-state index < -0.39 is 20.3 Å². The van der Waals surface area contributed by atoms with Crippen LogP contribution in [0.5, 0.6) is 0 Å². The molecule has 1 fully saturated rings. The van der Waals surface area contributed by atoms with Gasteiger partial charge in [-0.3, -0.25) is 0 Å². The minimum atomic E-state index is -2.50. The number of aryl methyl sites for hydroxylation is 2. The Hall–Kier alpha value is -1.20. The molecule has 5 rings (SSSR count). The molecule has 25 heavy (non-hydrogen) atoms. The number of fused-ring (bicyclic) bond motifs is 6. The molecule has 0 bridgehead atoms. The topological polar surface area (TPSA) is 0 Å². The number of rotatable bonds is 0. The van der Waals surface area contributed by atoms with Crippen molar-refractivity contribution in [3.8, 4) is 0 Å². The third-order valence-corrected chi connectivity index (χ3v) is 17.6. The maximum absolute atomic E-state index is 2.71. The van der Waals surface area contributed by atoms with Gasteiger partial charge in [-0.2, -0.15) is 0 Å². The molecule has 2 aromatic carbocycles. The molecule has 2 atom stereocenters. The van der Waals surface area contributed by atoms with Crippen LogP contribution in [0.2, 0.25) is 9.26 Å². The molecule has 1 aliphatic heterocycles. The van der Waals surface area contributed by atoms with Gasteiger partial charge in [0.1, 0.15) is 0 Å². The van der Waals surface area contributed by atoms with E-state index in [9.17, 15) is 0 Å². The van der Waals surface area contributed by atoms with Gasteiger partial charge in [0.25, 0.3) is 0 Å². The molecule has 0 N–H and O–H groups in total. The van der Waals surface area contributed by atoms with Crippen LogP contribution >= 0.6 is 0 Å². The van der Waals surface area contributed by atoms with Crippen molar-refractivity contribution in [1.29, 1.82) is 0 Å². The van der Waals surface area contributed by atoms with E-state index in [1.807, 2.05) is 0 Å². The Bertz CT molecular complexity index is 881. The quantitative estimate of drug-likeness (QED) is 0.446. The summed E-state index contributed by atoms with van der Waals surface area (Å²) in [7, 11) is 0. The van der Waals surface area contributed by atoms with Crippen molar-refractivity contribution < 1.29 is 20.3 Å². The summed E-state index contributed by atoms with van der Waals surface area (Å²) < 4.78 is 6.94. The normalized spacial score (nSPS) is 25.3. The number of hydrogen-bond donors (Lipinski definition) is 0. The zero-order valence-corrected chi connectivity index (χ0v) is 18.1. The molecular formula is C24H26Zr. The summed E-state index contributed by atoms with van der Waals surface area (Å²) in [5, 5.41) is 0. The number of hydrogen-bond acceptors (Lipinski definition) is 0. The van der Waals surface area contributed by atoms with Crippen molar-refractivity contribution in [3.05, 3.63) is 80.9 Å². The zero-order chi connectivity index (χ0) is 17.3. The predicted molar refractivity (Wildman–Crippen MR) is 105 cm³/mol. The number of benzene rings is 2. The molecule has 1 heterocycles. The standard InChI is InChI=1S/C22H20.2CH3.Zr/c1-15-5-3-7-19-11-17(13-21(15)19)9-10-18-12-20-8-4-6-16(2)22(20)14-18;;;/h3-8,11-14H,9-10H2,1-2H3;2*1H3;. The second kappa shape index (κ2) is 5.40. The Morgan fingerprint density at radius 1 is 0.720 bits per heavy atom. The Morgan fingerprint density at radius 3 is 1.60 bits per heavy atom. The molecule has 1 saturated heterocycles. The third kappa shape index (κ3) is 2.15. The Balaban J connectivity index is 1.72. The van der Waals surface area contributed by atoms with Crippen LogP contribution in [0.15, 0.2) is 47.5 Å². The monoisotopic (exact) mass is 404 g/mol. The molecule has 0 nitrogen and oxygen atoms in total. The average molecular weight is 406 g/mol. The molecule has 0 amide bonds. The summed E-state index contributed by atoms with van der Waals surface area (Å²) in [6.07, 6.45) is 7.64. The number of allylic oxidation sites excluding steroid dienone is 2. The average Bonchev–Trinajstić information content (AvgIpc) is 3.10. The molecule has 0 radical (unpaired) electrons. The van der Waals surface area contributed by atoms with Gasteiger partial charge in [0.2, 0.25) is 0 Å². The van der Waals surface area contributed by atoms with Gasteiger partial charge in [0.15, 0.2) is 0 Å². The van der Waals surface area contributed by atoms with Crippen LogP contribution in [0.3, 0.4) is 0 Å². The van der Waals surface area contributed by atoms with Crippen LogP contribution in [0.1, 0.15) is 53.5 Å². The molecule has 1 heteroatoms. The van der Waals surface area contributed by atoms with Crippen molar-refractivity contribution >= 4 is 12.2 Å². The SMILES string of the molecule is Cc1cccc2c1C=C1CCC3=Cc4c(C)cccc4[CH]3[Zr]([CH3])([CH3])[CH]12. The van der Waals surface area contributed by atoms with Gasteiger partial charge in [0, 0.05) is 0 Å². The summed E-state index contributed by atoms with van der Waals surface area (Å²) in [5.74, 6) is 0. The summed E-state index contributed by atoms with van der Waals surface area (Å²) >= 11 is -2.50. The van der Waals surface area contributed by atoms with Crippen LogP contribution in [-0.2, 0) is 20.3 Å². The summed E-state index contributed by atoms with van der Waals surface area (Å²) in [6, 6.07) is 14.0. The molecule has 0 spiro atoms. The molecule has 2 unspecified atom stereocenters. The van der Waals surface area contributed by atoms with Gasteiger partial charge in [-0.25, -0.2) is 0 Å². The van der Waals surface area contributed by atoms with Crippen LogP contribution < -0.4 is 0 Å². The van der Waals surface area contributed by atoms with E-state index in [1.54, 1.807) is 33.4 Å². The van der Waals surface area contributed by atoms with E-state index in [0.717, 1.165) is 7.25 Å². The van der Waals surface area contributed by atoms with Crippen molar-refractivity contribution in [2.24, 2.45) is 0 Å². The zero-order valence-electron chi connectivity index (χ0n) is 15.7. The molecule has 3 aliphatic rings. The third-order valence-electron chi connectivity index (χ3n) is 6.93. The summed E-state index contributed by atoms with van der Waals surface area (Å²) in [5.41, 5.74) is 12.8. The molecular weight excluding hydrogens is 379 g/mol. The second-order valence-corrected chi connectivity index (χ2v) is 20.6. The van der Waals surface area contributed by atoms with Gasteiger partial charge >= 0.3 is 157 Å². The van der Waals surface area contributed by atoms with Crippen LogP contribution in [0, 0.1) is 13.8 Å². The summed E-state index contributed by atoms with van der Waals surface area (Å²) in [6.45, 7) is 4.56. The van der Waals surface area contributed by atoms with Crippen molar-refractivity contribution in [3.63, 3.8) is 0 Å². The fourth-order valence-corrected chi connectivity index (χ4v) is 17.7. The van der Waals surface area contributed by atoms with E-state index in [-0.39, 0.29) is 0 Å². The van der Waals surface area contributed by atoms with Crippen LogP contribution in [0.25, 0.3) is 12.2 Å². The Labute approximate surface area is 156 Å². The Morgan fingerprint density at radius 2 is 1.16 bits per heavy atom. The summed E-state index contributed by atoms with van der Waals surface area (Å²) in [4.78, 5) is 0. The molecule has 126 valence electrons. The predicted octanol–water partition coefficient (Wildman–Crippen LogP) is 6.92. The van der Waals surface area contributed by atoms with Gasteiger partial charge in [-0.05, 0) is 0 Å². The fraction of sp³-hybridized carbons (Fsp3) is 0.333. The van der Waals surface area contributed by atoms with E-state index in [1.165, 1.54) is 24.0 Å². The second-order valence-electron chi connectivity index (χ2n) is 8.78. The van der Waals surface area contributed by atoms with Crippen LogP contribution in [0.4, 0.5) is 0 Å². The first-order chi connectivity index (χ1) is 12.0.